The van der Waals surface area contributed by atoms with E-state index >= 15 is 0 Å². The number of hydrogen-bond acceptors (Lipinski definition) is 4. The number of alkyl halides is 1. The van der Waals surface area contributed by atoms with Gasteiger partial charge in [-0.3, -0.25) is 9.69 Å². The van der Waals surface area contributed by atoms with E-state index in [2.05, 4.69) is 0 Å². The summed E-state index contributed by atoms with van der Waals surface area (Å²) in [5.41, 5.74) is 5.17. The van der Waals surface area contributed by atoms with Gasteiger partial charge in [0.1, 0.15) is 23.6 Å². The number of halogens is 3. The first-order valence-corrected chi connectivity index (χ1v) is 8.74. The first kappa shape index (κ1) is 20.6. The van der Waals surface area contributed by atoms with Crippen molar-refractivity contribution in [3.8, 4) is 0 Å². The van der Waals surface area contributed by atoms with E-state index in [1.54, 1.807) is 26.8 Å². The molecule has 1 heterocycles. The molecule has 1 aliphatic heterocycles. The monoisotopic (exact) mass is 388 g/mol. The number of nitrogens with two attached hydrogens (primary N) is 1. The van der Waals surface area contributed by atoms with E-state index in [1.165, 1.54) is 12.1 Å². The van der Waals surface area contributed by atoms with Crippen LogP contribution in [0, 0.1) is 5.82 Å². The molecule has 0 spiro atoms. The van der Waals surface area contributed by atoms with Crippen LogP contribution in [0.2, 0.25) is 5.02 Å². The number of likely N-dealkylation sites (tertiary alicyclic amines) is 1. The lowest BCUT2D eigenvalue weighted by Gasteiger charge is -2.28. The molecule has 0 radical (unpaired) electrons. The fourth-order valence-corrected chi connectivity index (χ4v) is 3.05. The molecule has 1 aliphatic rings. The molecule has 0 saturated carbocycles. The average Bonchev–Trinajstić information content (AvgIpc) is 2.83. The van der Waals surface area contributed by atoms with Gasteiger partial charge in [-0.25, -0.2) is 13.6 Å². The predicted octanol–water partition coefficient (Wildman–Crippen LogP) is 3.27. The number of nitrogens with zero attached hydrogens (tertiary/aromatic N) is 1. The largest absolute Gasteiger partial charge is 0.444 e. The highest BCUT2D eigenvalue weighted by molar-refractivity contribution is 6.30. The van der Waals surface area contributed by atoms with Crippen LogP contribution in [0.15, 0.2) is 18.2 Å². The molecule has 1 amide bonds. The van der Waals surface area contributed by atoms with Crippen molar-refractivity contribution in [2.75, 3.05) is 6.54 Å². The minimum atomic E-state index is -1.70. The van der Waals surface area contributed by atoms with Crippen molar-refractivity contribution in [3.63, 3.8) is 0 Å². The fourth-order valence-electron chi connectivity index (χ4n) is 2.85. The molecule has 3 atom stereocenters. The van der Waals surface area contributed by atoms with Gasteiger partial charge in [-0.1, -0.05) is 23.7 Å². The van der Waals surface area contributed by atoms with Crippen LogP contribution in [0.5, 0.6) is 0 Å². The number of carbonyl (C=O) groups is 2. The molecule has 5 nitrogen and oxygen atoms in total. The van der Waals surface area contributed by atoms with Crippen LogP contribution in [0.1, 0.15) is 32.8 Å². The van der Waals surface area contributed by atoms with Gasteiger partial charge in [-0.2, -0.15) is 0 Å². The maximum absolute atomic E-state index is 14.5. The molecule has 0 bridgehead atoms. The molecule has 1 aromatic carbocycles. The number of rotatable bonds is 4. The van der Waals surface area contributed by atoms with Crippen LogP contribution < -0.4 is 5.73 Å². The second-order valence-electron chi connectivity index (χ2n) is 7.37. The number of hydrogen-bond donors (Lipinski definition) is 1. The Hall–Kier alpha value is -1.73. The maximum atomic E-state index is 14.5. The standard InChI is InChI=1S/C18H23ClF2N2O3/c1-18(2,3)26-17(25)23-9-12(22)15(21)16(23)13(24)8-7-10-5-4-6-11(19)14(10)20/h4-6,12,15-16H,7-9,22H2,1-3H3/t12-,15+,16-/m1/s1. The number of Topliss-reactive ketones (excluding diaryl/α,β-unsaturated/α-hetero) is 1. The van der Waals surface area contributed by atoms with E-state index in [1.807, 2.05) is 0 Å². The number of aryl methyl sites for hydroxylation is 1. The quantitative estimate of drug-likeness (QED) is 0.859. The summed E-state index contributed by atoms with van der Waals surface area (Å²) in [6.07, 6.45) is -2.58. The summed E-state index contributed by atoms with van der Waals surface area (Å²) in [7, 11) is 0. The number of carbonyl (C=O) groups excluding carboxylic acids is 2. The van der Waals surface area contributed by atoms with E-state index in [-0.39, 0.29) is 30.0 Å². The second-order valence-corrected chi connectivity index (χ2v) is 7.77. The third kappa shape index (κ3) is 4.71. The average molecular weight is 389 g/mol. The van der Waals surface area contributed by atoms with Crippen molar-refractivity contribution in [1.82, 2.24) is 4.90 Å². The van der Waals surface area contributed by atoms with E-state index in [0.29, 0.717) is 0 Å². The number of ketones is 1. The van der Waals surface area contributed by atoms with Crippen LogP contribution in [0.3, 0.4) is 0 Å². The molecule has 144 valence electrons. The smallest absolute Gasteiger partial charge is 0.411 e. The summed E-state index contributed by atoms with van der Waals surface area (Å²) in [5, 5.41) is -0.0448. The van der Waals surface area contributed by atoms with Crippen molar-refractivity contribution in [1.29, 1.82) is 0 Å². The predicted molar refractivity (Wildman–Crippen MR) is 94.3 cm³/mol. The second kappa shape index (κ2) is 7.88. The highest BCUT2D eigenvalue weighted by Gasteiger charge is 2.47. The van der Waals surface area contributed by atoms with E-state index in [0.717, 1.165) is 4.90 Å². The Labute approximate surface area is 156 Å². The van der Waals surface area contributed by atoms with Gasteiger partial charge >= 0.3 is 6.09 Å². The fraction of sp³-hybridized carbons (Fsp3) is 0.556. The zero-order valence-corrected chi connectivity index (χ0v) is 15.7. The summed E-state index contributed by atoms with van der Waals surface area (Å²) < 4.78 is 33.6. The highest BCUT2D eigenvalue weighted by atomic mass is 35.5. The summed E-state index contributed by atoms with van der Waals surface area (Å²) in [5.74, 6) is -1.14. The van der Waals surface area contributed by atoms with Crippen molar-refractivity contribution in [3.05, 3.63) is 34.6 Å². The van der Waals surface area contributed by atoms with Gasteiger partial charge in [0.05, 0.1) is 11.1 Å². The summed E-state index contributed by atoms with van der Waals surface area (Å²) >= 11 is 5.72. The molecule has 1 fully saturated rings. The molecule has 26 heavy (non-hydrogen) atoms. The maximum Gasteiger partial charge on any atom is 0.411 e. The summed E-state index contributed by atoms with van der Waals surface area (Å²) in [6, 6.07) is 2.18. The Balaban J connectivity index is 2.11. The van der Waals surface area contributed by atoms with E-state index < -0.39 is 41.6 Å². The normalized spacial score (nSPS) is 23.2. The van der Waals surface area contributed by atoms with Crippen molar-refractivity contribution in [2.24, 2.45) is 5.73 Å². The van der Waals surface area contributed by atoms with Crippen LogP contribution >= 0.6 is 11.6 Å². The van der Waals surface area contributed by atoms with Crippen molar-refractivity contribution in [2.45, 2.75) is 57.5 Å². The molecular formula is C18H23ClF2N2O3. The Morgan fingerprint density at radius 1 is 1.38 bits per heavy atom. The minimum Gasteiger partial charge on any atom is -0.444 e. The first-order chi connectivity index (χ1) is 12.0. The van der Waals surface area contributed by atoms with Gasteiger partial charge in [0.25, 0.3) is 0 Å². The minimum absolute atomic E-state index is 0.0448. The zero-order chi connectivity index (χ0) is 19.6. The molecule has 0 aliphatic carbocycles. The van der Waals surface area contributed by atoms with Crippen molar-refractivity contribution >= 4 is 23.5 Å². The summed E-state index contributed by atoms with van der Waals surface area (Å²) in [4.78, 5) is 25.9. The zero-order valence-electron chi connectivity index (χ0n) is 15.0. The van der Waals surface area contributed by atoms with E-state index in [9.17, 15) is 18.4 Å². The highest BCUT2D eigenvalue weighted by Crippen LogP contribution is 2.26. The number of amides is 1. The molecular weight excluding hydrogens is 366 g/mol. The van der Waals surface area contributed by atoms with Crippen LogP contribution in [-0.4, -0.2) is 47.2 Å². The Morgan fingerprint density at radius 2 is 2.04 bits per heavy atom. The third-order valence-electron chi connectivity index (χ3n) is 4.08. The van der Waals surface area contributed by atoms with Gasteiger partial charge < -0.3 is 10.5 Å². The molecule has 2 rings (SSSR count). The number of benzene rings is 1. The van der Waals surface area contributed by atoms with Gasteiger partial charge in [-0.05, 0) is 38.8 Å². The Kier molecular flexibility index (Phi) is 6.24. The van der Waals surface area contributed by atoms with Crippen LogP contribution in [0.4, 0.5) is 13.6 Å². The van der Waals surface area contributed by atoms with Crippen molar-refractivity contribution < 1.29 is 23.1 Å². The van der Waals surface area contributed by atoms with Gasteiger partial charge in [0, 0.05) is 13.0 Å². The molecule has 2 N–H and O–H groups in total. The molecule has 8 heteroatoms. The molecule has 1 saturated heterocycles. The molecule has 1 aromatic rings. The summed E-state index contributed by atoms with van der Waals surface area (Å²) in [6.45, 7) is 4.91. The number of ether oxygens (including phenoxy) is 1. The van der Waals surface area contributed by atoms with E-state index in [4.69, 9.17) is 22.1 Å². The molecule has 0 unspecified atom stereocenters. The first-order valence-electron chi connectivity index (χ1n) is 8.36. The molecule has 0 aromatic heterocycles. The van der Waals surface area contributed by atoms with Gasteiger partial charge in [0.2, 0.25) is 0 Å². The SMILES string of the molecule is CC(C)(C)OC(=O)N1C[C@@H](N)[C@H](F)[C@H]1C(=O)CCc1cccc(Cl)c1F. The van der Waals surface area contributed by atoms with Gasteiger partial charge in [0.15, 0.2) is 5.78 Å². The lowest BCUT2D eigenvalue weighted by atomic mass is 9.99. The third-order valence-corrected chi connectivity index (χ3v) is 4.38. The van der Waals surface area contributed by atoms with Crippen LogP contribution in [0.25, 0.3) is 0 Å². The Morgan fingerprint density at radius 3 is 2.65 bits per heavy atom. The lowest BCUT2D eigenvalue weighted by molar-refractivity contribution is -0.124. The van der Waals surface area contributed by atoms with Crippen LogP contribution in [-0.2, 0) is 16.0 Å². The lowest BCUT2D eigenvalue weighted by Crippen LogP contribution is -2.46. The Bertz CT molecular complexity index is 694. The van der Waals surface area contributed by atoms with Gasteiger partial charge in [-0.15, -0.1) is 0 Å². The topological polar surface area (TPSA) is 72.6 Å².